The van der Waals surface area contributed by atoms with Crippen molar-refractivity contribution in [3.63, 3.8) is 0 Å². The molecule has 9 nitrogen and oxygen atoms in total. The molecule has 2 fully saturated rings. The zero-order valence-electron chi connectivity index (χ0n) is 23.6. The van der Waals surface area contributed by atoms with Crippen molar-refractivity contribution >= 4 is 35.1 Å². The van der Waals surface area contributed by atoms with Gasteiger partial charge in [-0.05, 0) is 41.8 Å². The van der Waals surface area contributed by atoms with Crippen LogP contribution in [-0.2, 0) is 21.6 Å². The summed E-state index contributed by atoms with van der Waals surface area (Å²) in [6, 6.07) is 15.3. The maximum Gasteiger partial charge on any atom is 0.253 e. The molecule has 218 valence electrons. The highest BCUT2D eigenvalue weighted by molar-refractivity contribution is 7.98. The van der Waals surface area contributed by atoms with Gasteiger partial charge in [0, 0.05) is 56.9 Å². The zero-order valence-corrected chi connectivity index (χ0v) is 25.2. The Balaban J connectivity index is 1.13. The first-order valence-corrected chi connectivity index (χ1v) is 15.0. The van der Waals surface area contributed by atoms with Crippen LogP contribution >= 0.6 is 23.4 Å². The summed E-state index contributed by atoms with van der Waals surface area (Å²) >= 11 is 7.88. The van der Waals surface area contributed by atoms with E-state index in [2.05, 4.69) is 9.88 Å². The van der Waals surface area contributed by atoms with Crippen molar-refractivity contribution in [2.24, 2.45) is 0 Å². The first-order valence-electron chi connectivity index (χ1n) is 13.6. The highest BCUT2D eigenvalue weighted by atomic mass is 35.5. The van der Waals surface area contributed by atoms with Gasteiger partial charge in [0.05, 0.1) is 27.4 Å². The lowest BCUT2D eigenvalue weighted by molar-refractivity contribution is -0.169. The van der Waals surface area contributed by atoms with Crippen LogP contribution in [0.4, 0.5) is 5.82 Å². The number of thioether (sulfide) groups is 1. The summed E-state index contributed by atoms with van der Waals surface area (Å²) in [6.07, 6.45) is 2.31. The molecule has 2 aliphatic heterocycles. The third-order valence-electron chi connectivity index (χ3n) is 7.42. The molecular formula is C30H35ClN4O5S. The second kappa shape index (κ2) is 13.3. The lowest BCUT2D eigenvalue weighted by Crippen LogP contribution is -2.45. The van der Waals surface area contributed by atoms with Crippen LogP contribution in [0.1, 0.15) is 34.3 Å². The van der Waals surface area contributed by atoms with E-state index < -0.39 is 5.79 Å². The fourth-order valence-corrected chi connectivity index (χ4v) is 6.06. The van der Waals surface area contributed by atoms with Crippen molar-refractivity contribution in [2.75, 3.05) is 59.0 Å². The molecule has 3 heterocycles. The van der Waals surface area contributed by atoms with Gasteiger partial charge in [0.1, 0.15) is 11.0 Å². The van der Waals surface area contributed by atoms with Crippen LogP contribution < -0.4 is 14.4 Å². The minimum atomic E-state index is -0.433. The number of hydrogen-bond acceptors (Lipinski definition) is 9. The lowest BCUT2D eigenvalue weighted by atomic mass is 10.0. The number of aromatic nitrogens is 2. The number of carbonyl (C=O) groups is 1. The van der Waals surface area contributed by atoms with E-state index in [1.165, 1.54) is 11.8 Å². The number of rotatable bonds is 10. The molecule has 5 rings (SSSR count). The Kier molecular flexibility index (Phi) is 9.54. The van der Waals surface area contributed by atoms with Crippen molar-refractivity contribution in [1.82, 2.24) is 14.9 Å². The topological polar surface area (TPSA) is 86.3 Å². The van der Waals surface area contributed by atoms with Gasteiger partial charge >= 0.3 is 0 Å². The summed E-state index contributed by atoms with van der Waals surface area (Å²) in [6.45, 7) is 3.48. The molecule has 0 radical (unpaired) electrons. The number of carbonyl (C=O) groups excluding carboxylic acids is 1. The van der Waals surface area contributed by atoms with E-state index in [0.29, 0.717) is 59.3 Å². The second-order valence-corrected chi connectivity index (χ2v) is 11.4. The molecule has 0 unspecified atom stereocenters. The Morgan fingerprint density at radius 2 is 1.68 bits per heavy atom. The van der Waals surface area contributed by atoms with Gasteiger partial charge in [-0.15, -0.1) is 0 Å². The van der Waals surface area contributed by atoms with Crippen LogP contribution in [0.25, 0.3) is 0 Å². The van der Waals surface area contributed by atoms with Gasteiger partial charge in [0.2, 0.25) is 0 Å². The number of nitrogens with zero attached hydrogens (tertiary/aromatic N) is 4. The molecule has 2 aromatic carbocycles. The summed E-state index contributed by atoms with van der Waals surface area (Å²) in [5.74, 6) is 2.39. The standard InChI is InChI=1S/C30H35ClN4O5S/c1-34(13-10-21-6-9-24(37-2)25(18-21)38-3)28(36)23-7-4-22(5-8-23)20-41-29-32-26(31)19-27(33-29)35-14-11-30(12-15-35)39-16-17-40-30/h4-9,18-19H,10-17,20H2,1-3H3. The number of likely N-dealkylation sites (N-methyl/N-ethyl adjacent to an activating group) is 1. The van der Waals surface area contributed by atoms with Crippen LogP contribution in [0.3, 0.4) is 0 Å². The third-order valence-corrected chi connectivity index (χ3v) is 8.54. The van der Waals surface area contributed by atoms with Crippen LogP contribution in [-0.4, -0.2) is 80.7 Å². The summed E-state index contributed by atoms with van der Waals surface area (Å²) in [4.78, 5) is 26.1. The van der Waals surface area contributed by atoms with E-state index >= 15 is 0 Å². The molecule has 0 aliphatic carbocycles. The number of anilines is 1. The average Bonchev–Trinajstić information content (AvgIpc) is 3.46. The predicted molar refractivity (Wildman–Crippen MR) is 159 cm³/mol. The molecule has 11 heteroatoms. The molecule has 0 saturated carbocycles. The molecule has 1 spiro atoms. The number of halogens is 1. The minimum absolute atomic E-state index is 0.0239. The van der Waals surface area contributed by atoms with Gasteiger partial charge in [0.25, 0.3) is 5.91 Å². The van der Waals surface area contributed by atoms with Crippen molar-refractivity contribution in [1.29, 1.82) is 0 Å². The predicted octanol–water partition coefficient (Wildman–Crippen LogP) is 5.10. The van der Waals surface area contributed by atoms with E-state index in [-0.39, 0.29) is 5.91 Å². The Hall–Kier alpha value is -3.05. The smallest absolute Gasteiger partial charge is 0.253 e. The first kappa shape index (κ1) is 29.4. The first-order chi connectivity index (χ1) is 19.9. The van der Waals surface area contributed by atoms with Crippen molar-refractivity contribution < 1.29 is 23.7 Å². The molecule has 3 aromatic rings. The van der Waals surface area contributed by atoms with Gasteiger partial charge in [-0.25, -0.2) is 9.97 Å². The molecule has 1 aromatic heterocycles. The van der Waals surface area contributed by atoms with Gasteiger partial charge in [-0.3, -0.25) is 4.79 Å². The van der Waals surface area contributed by atoms with Crippen molar-refractivity contribution in [3.8, 4) is 11.5 Å². The summed E-state index contributed by atoms with van der Waals surface area (Å²) in [5.41, 5.74) is 2.79. The van der Waals surface area contributed by atoms with E-state index in [1.807, 2.05) is 55.6 Å². The largest absolute Gasteiger partial charge is 0.493 e. The van der Waals surface area contributed by atoms with Gasteiger partial charge < -0.3 is 28.7 Å². The summed E-state index contributed by atoms with van der Waals surface area (Å²) < 4.78 is 22.4. The van der Waals surface area contributed by atoms with Crippen LogP contribution in [0.5, 0.6) is 11.5 Å². The highest BCUT2D eigenvalue weighted by Gasteiger charge is 2.40. The fraction of sp³-hybridized carbons (Fsp3) is 0.433. The molecule has 2 aliphatic rings. The number of ether oxygens (including phenoxy) is 4. The van der Waals surface area contributed by atoms with Gasteiger partial charge in [0.15, 0.2) is 22.4 Å². The molecule has 0 N–H and O–H groups in total. The number of piperidine rings is 1. The normalized spacial score (nSPS) is 16.1. The maximum atomic E-state index is 13.0. The van der Waals surface area contributed by atoms with Gasteiger partial charge in [-0.1, -0.05) is 41.6 Å². The molecule has 0 atom stereocenters. The van der Waals surface area contributed by atoms with Crippen LogP contribution in [0.2, 0.25) is 5.15 Å². The van der Waals surface area contributed by atoms with E-state index in [4.69, 9.17) is 35.5 Å². The number of amides is 1. The van der Waals surface area contributed by atoms with Crippen LogP contribution in [0, 0.1) is 0 Å². The Morgan fingerprint density at radius 3 is 2.37 bits per heavy atom. The molecule has 1 amide bonds. The lowest BCUT2D eigenvalue weighted by Gasteiger charge is -2.38. The quantitative estimate of drug-likeness (QED) is 0.180. The van der Waals surface area contributed by atoms with Crippen molar-refractivity contribution in [2.45, 2.75) is 36.0 Å². The number of benzene rings is 2. The zero-order chi connectivity index (χ0) is 28.8. The number of methoxy groups -OCH3 is 2. The van der Waals surface area contributed by atoms with E-state index in [9.17, 15) is 4.79 Å². The second-order valence-electron chi connectivity index (χ2n) is 10.1. The third kappa shape index (κ3) is 7.24. The maximum absolute atomic E-state index is 13.0. The SMILES string of the molecule is COc1ccc(CCN(C)C(=O)c2ccc(CSc3nc(Cl)cc(N4CCC5(CC4)OCCO5)n3)cc2)cc1OC. The van der Waals surface area contributed by atoms with E-state index in [0.717, 1.165) is 42.9 Å². The average molecular weight is 599 g/mol. The fourth-order valence-electron chi connectivity index (χ4n) is 5.02. The Labute approximate surface area is 250 Å². The monoisotopic (exact) mass is 598 g/mol. The van der Waals surface area contributed by atoms with Crippen LogP contribution in [0.15, 0.2) is 53.7 Å². The molecule has 0 bridgehead atoms. The van der Waals surface area contributed by atoms with Crippen molar-refractivity contribution in [3.05, 3.63) is 70.4 Å². The number of hydrogen-bond donors (Lipinski definition) is 0. The Morgan fingerprint density at radius 1 is 1.00 bits per heavy atom. The minimum Gasteiger partial charge on any atom is -0.493 e. The molecule has 2 saturated heterocycles. The molecule has 41 heavy (non-hydrogen) atoms. The molecular weight excluding hydrogens is 564 g/mol. The highest BCUT2D eigenvalue weighted by Crippen LogP contribution is 2.34. The van der Waals surface area contributed by atoms with E-state index in [1.54, 1.807) is 19.1 Å². The summed E-state index contributed by atoms with van der Waals surface area (Å²) in [7, 11) is 5.05. The Bertz CT molecular complexity index is 1340. The summed E-state index contributed by atoms with van der Waals surface area (Å²) in [5, 5.41) is 1.04. The van der Waals surface area contributed by atoms with Gasteiger partial charge in [-0.2, -0.15) is 0 Å².